The molecular formula is C28H32F3N3O5. The number of pyridine rings is 1. The summed E-state index contributed by atoms with van der Waals surface area (Å²) in [7, 11) is 1.53. The van der Waals surface area contributed by atoms with Gasteiger partial charge in [0.25, 0.3) is 0 Å². The Hall–Kier alpha value is -3.41. The Balaban J connectivity index is 1.39. The first-order valence-corrected chi connectivity index (χ1v) is 12.8. The van der Waals surface area contributed by atoms with E-state index in [0.29, 0.717) is 66.3 Å². The van der Waals surface area contributed by atoms with Gasteiger partial charge in [-0.3, -0.25) is 9.78 Å². The second-order valence-corrected chi connectivity index (χ2v) is 9.90. The molecule has 0 amide bonds. The summed E-state index contributed by atoms with van der Waals surface area (Å²) in [5, 5.41) is 34.5. The number of methoxy groups -OCH3 is 1. The fourth-order valence-corrected chi connectivity index (χ4v) is 5.25. The number of benzene rings is 2. The molecule has 1 saturated heterocycles. The molecule has 0 aliphatic carbocycles. The number of anilines is 1. The van der Waals surface area contributed by atoms with E-state index in [2.05, 4.69) is 10.3 Å². The first-order chi connectivity index (χ1) is 18.7. The van der Waals surface area contributed by atoms with Crippen molar-refractivity contribution >= 4 is 22.6 Å². The number of hydrogen-bond donors (Lipinski definition) is 4. The largest absolute Gasteiger partial charge is 0.497 e. The number of likely N-dealkylation sites (tertiary alicyclic amines) is 1. The highest BCUT2D eigenvalue weighted by atomic mass is 19.2. The number of aliphatic carboxylic acids is 1. The smallest absolute Gasteiger partial charge is 0.309 e. The highest BCUT2D eigenvalue weighted by Crippen LogP contribution is 2.40. The summed E-state index contributed by atoms with van der Waals surface area (Å²) >= 11 is 0. The molecule has 2 heterocycles. The molecule has 2 aromatic carbocycles. The van der Waals surface area contributed by atoms with Gasteiger partial charge in [0.05, 0.1) is 36.4 Å². The molecule has 1 fully saturated rings. The molecule has 1 atom stereocenters. The van der Waals surface area contributed by atoms with Crippen molar-refractivity contribution in [3.8, 4) is 5.75 Å². The number of ether oxygens (including phenoxy) is 1. The molecule has 8 nitrogen and oxygen atoms in total. The van der Waals surface area contributed by atoms with E-state index in [1.165, 1.54) is 13.3 Å². The highest BCUT2D eigenvalue weighted by molar-refractivity contribution is 5.85. The van der Waals surface area contributed by atoms with Crippen LogP contribution in [0.3, 0.4) is 0 Å². The van der Waals surface area contributed by atoms with Gasteiger partial charge in [0.2, 0.25) is 0 Å². The average Bonchev–Trinajstić information content (AvgIpc) is 2.93. The van der Waals surface area contributed by atoms with Crippen molar-refractivity contribution < 1.29 is 38.0 Å². The van der Waals surface area contributed by atoms with Gasteiger partial charge < -0.3 is 30.3 Å². The maximum Gasteiger partial charge on any atom is 0.309 e. The molecule has 0 unspecified atom stereocenters. The van der Waals surface area contributed by atoms with Crippen molar-refractivity contribution in [1.82, 2.24) is 9.88 Å². The normalized spacial score (nSPS) is 16.3. The number of carboxylic acids is 1. The highest BCUT2D eigenvalue weighted by Gasteiger charge is 2.41. The predicted molar refractivity (Wildman–Crippen MR) is 139 cm³/mol. The molecule has 0 bridgehead atoms. The molecule has 1 aliphatic rings. The Morgan fingerprint density at radius 3 is 2.62 bits per heavy atom. The maximum absolute atomic E-state index is 13.9. The molecule has 1 aromatic heterocycles. The van der Waals surface area contributed by atoms with Crippen LogP contribution in [0.2, 0.25) is 0 Å². The van der Waals surface area contributed by atoms with Crippen molar-refractivity contribution in [3.63, 3.8) is 0 Å². The topological polar surface area (TPSA) is 115 Å². The van der Waals surface area contributed by atoms with E-state index in [4.69, 9.17) is 4.74 Å². The van der Waals surface area contributed by atoms with E-state index in [1.54, 1.807) is 18.2 Å². The summed E-state index contributed by atoms with van der Waals surface area (Å²) in [6, 6.07) is 6.61. The summed E-state index contributed by atoms with van der Waals surface area (Å²) in [4.78, 5) is 18.7. The lowest BCUT2D eigenvalue weighted by molar-refractivity contribution is -0.153. The molecule has 39 heavy (non-hydrogen) atoms. The molecule has 0 saturated carbocycles. The third-order valence-electron chi connectivity index (χ3n) is 7.60. The number of aliphatic hydroxyl groups excluding tert-OH is 2. The monoisotopic (exact) mass is 547 g/mol. The summed E-state index contributed by atoms with van der Waals surface area (Å²) in [5.74, 6) is -3.67. The number of fused-ring (bicyclic) bond motifs is 1. The van der Waals surface area contributed by atoms with E-state index >= 15 is 0 Å². The lowest BCUT2D eigenvalue weighted by Crippen LogP contribution is -2.45. The van der Waals surface area contributed by atoms with E-state index < -0.39 is 34.9 Å². The molecule has 4 N–H and O–H groups in total. The van der Waals surface area contributed by atoms with Gasteiger partial charge >= 0.3 is 5.97 Å². The Bertz CT molecular complexity index is 1330. The minimum atomic E-state index is -1.27. The summed E-state index contributed by atoms with van der Waals surface area (Å²) in [5.41, 5.74) is 0.290. The quantitative estimate of drug-likeness (QED) is 0.264. The SMILES string of the molecule is COc1ccc2ncc(CO)c([C@@H](O)CCC3(C(=O)O)CCN(CCNc4cc(F)cc(F)c4F)CC3)c2c1. The van der Waals surface area contributed by atoms with Crippen molar-refractivity contribution in [2.75, 3.05) is 38.6 Å². The first-order valence-electron chi connectivity index (χ1n) is 12.8. The minimum Gasteiger partial charge on any atom is -0.497 e. The van der Waals surface area contributed by atoms with E-state index in [-0.39, 0.29) is 31.7 Å². The third kappa shape index (κ3) is 6.26. The van der Waals surface area contributed by atoms with Crippen LogP contribution < -0.4 is 10.1 Å². The van der Waals surface area contributed by atoms with Crippen LogP contribution in [-0.2, 0) is 11.4 Å². The molecule has 11 heteroatoms. The van der Waals surface area contributed by atoms with Crippen molar-refractivity contribution in [3.05, 3.63) is 65.1 Å². The second-order valence-electron chi connectivity index (χ2n) is 9.90. The van der Waals surface area contributed by atoms with Crippen LogP contribution in [0.5, 0.6) is 5.75 Å². The van der Waals surface area contributed by atoms with Crippen LogP contribution in [0.4, 0.5) is 18.9 Å². The summed E-state index contributed by atoms with van der Waals surface area (Å²) in [6.07, 6.45) is 1.57. The number of aliphatic hydroxyl groups is 2. The van der Waals surface area contributed by atoms with Gasteiger partial charge in [0.15, 0.2) is 11.6 Å². The number of carboxylic acid groups (broad SMARTS) is 1. The number of piperidine rings is 1. The molecule has 1 aliphatic heterocycles. The average molecular weight is 548 g/mol. The number of nitrogens with one attached hydrogen (secondary N) is 1. The van der Waals surface area contributed by atoms with Gasteiger partial charge in [0.1, 0.15) is 11.6 Å². The molecular weight excluding hydrogens is 515 g/mol. The molecule has 4 rings (SSSR count). The number of hydrogen-bond acceptors (Lipinski definition) is 7. The summed E-state index contributed by atoms with van der Waals surface area (Å²) in [6.45, 7) is 1.25. The summed E-state index contributed by atoms with van der Waals surface area (Å²) < 4.78 is 46.0. The zero-order valence-electron chi connectivity index (χ0n) is 21.6. The standard InChI is InChI=1S/C28H32F3N3O5/c1-39-19-2-3-22-20(14-19)25(17(16-35)15-33-22)24(36)4-5-28(27(37)38)6-9-34(10-7-28)11-8-32-23-13-18(29)12-21(30)26(23)31/h2-3,12-15,24,32,35-36H,4-11,16H2,1H3,(H,37,38)/t24-/m0/s1. The fourth-order valence-electron chi connectivity index (χ4n) is 5.25. The Kier molecular flexibility index (Phi) is 8.94. The number of nitrogens with zero attached hydrogens (tertiary/aromatic N) is 2. The number of aromatic nitrogens is 1. The van der Waals surface area contributed by atoms with Gasteiger partial charge in [-0.1, -0.05) is 0 Å². The molecule has 210 valence electrons. The van der Waals surface area contributed by atoms with Crippen LogP contribution in [-0.4, -0.2) is 64.5 Å². The van der Waals surface area contributed by atoms with Crippen molar-refractivity contribution in [1.29, 1.82) is 0 Å². The lowest BCUT2D eigenvalue weighted by Gasteiger charge is -2.39. The zero-order valence-corrected chi connectivity index (χ0v) is 21.6. The third-order valence-corrected chi connectivity index (χ3v) is 7.60. The van der Waals surface area contributed by atoms with E-state index in [9.17, 15) is 33.3 Å². The van der Waals surface area contributed by atoms with Crippen LogP contribution in [0.25, 0.3) is 10.9 Å². The Morgan fingerprint density at radius 1 is 1.21 bits per heavy atom. The van der Waals surface area contributed by atoms with Crippen molar-refractivity contribution in [2.45, 2.75) is 38.4 Å². The van der Waals surface area contributed by atoms with Gasteiger partial charge in [0, 0.05) is 42.4 Å². The Morgan fingerprint density at radius 2 is 1.95 bits per heavy atom. The number of rotatable bonds is 11. The van der Waals surface area contributed by atoms with Gasteiger partial charge in [-0.15, -0.1) is 0 Å². The van der Waals surface area contributed by atoms with E-state index in [1.807, 2.05) is 4.90 Å². The van der Waals surface area contributed by atoms with Gasteiger partial charge in [-0.05, 0) is 62.5 Å². The van der Waals surface area contributed by atoms with Gasteiger partial charge in [-0.25, -0.2) is 13.2 Å². The number of halogens is 3. The molecule has 0 radical (unpaired) electrons. The van der Waals surface area contributed by atoms with Crippen LogP contribution >= 0.6 is 0 Å². The number of carbonyl (C=O) groups is 1. The first kappa shape index (κ1) is 28.6. The zero-order chi connectivity index (χ0) is 28.2. The van der Waals surface area contributed by atoms with Crippen LogP contribution in [0, 0.1) is 22.9 Å². The Labute approximate surface area is 224 Å². The van der Waals surface area contributed by atoms with Crippen LogP contribution in [0.15, 0.2) is 36.5 Å². The fraction of sp³-hybridized carbons (Fsp3) is 0.429. The molecule has 3 aromatic rings. The molecule has 0 spiro atoms. The van der Waals surface area contributed by atoms with Gasteiger partial charge in [-0.2, -0.15) is 0 Å². The predicted octanol–water partition coefficient (Wildman–Crippen LogP) is 4.25. The lowest BCUT2D eigenvalue weighted by atomic mass is 9.74. The van der Waals surface area contributed by atoms with Crippen LogP contribution in [0.1, 0.15) is 42.9 Å². The van der Waals surface area contributed by atoms with E-state index in [0.717, 1.165) is 6.07 Å². The second kappa shape index (κ2) is 12.2. The maximum atomic E-state index is 13.9. The minimum absolute atomic E-state index is 0.168. The van der Waals surface area contributed by atoms with Crippen molar-refractivity contribution in [2.24, 2.45) is 5.41 Å².